The van der Waals surface area contributed by atoms with E-state index < -0.39 is 11.6 Å². The highest BCUT2D eigenvalue weighted by molar-refractivity contribution is 5.81. The highest BCUT2D eigenvalue weighted by Gasteiger charge is 2.25. The highest BCUT2D eigenvalue weighted by Crippen LogP contribution is 2.33. The van der Waals surface area contributed by atoms with Gasteiger partial charge in [0.1, 0.15) is 11.9 Å². The summed E-state index contributed by atoms with van der Waals surface area (Å²) >= 11 is 0. The largest absolute Gasteiger partial charge is 0.494 e. The third kappa shape index (κ3) is 4.19. The summed E-state index contributed by atoms with van der Waals surface area (Å²) in [5.74, 6) is -0.361. The van der Waals surface area contributed by atoms with E-state index in [-0.39, 0.29) is 28.1 Å². The molecule has 1 atom stereocenters. The van der Waals surface area contributed by atoms with Gasteiger partial charge in [-0.25, -0.2) is 13.8 Å². The highest BCUT2D eigenvalue weighted by atomic mass is 19.1. The molecule has 3 aromatic rings. The van der Waals surface area contributed by atoms with Crippen LogP contribution in [0.3, 0.4) is 0 Å². The van der Waals surface area contributed by atoms with Crippen LogP contribution in [0.1, 0.15) is 25.3 Å². The molecule has 0 saturated carbocycles. The summed E-state index contributed by atoms with van der Waals surface area (Å²) in [6, 6.07) is 10.1. The summed E-state index contributed by atoms with van der Waals surface area (Å²) in [7, 11) is 2.99. The average molecular weight is 450 g/mol. The first kappa shape index (κ1) is 22.5. The second kappa shape index (κ2) is 9.02. The number of piperidine rings is 1. The van der Waals surface area contributed by atoms with Gasteiger partial charge >= 0.3 is 0 Å². The number of methoxy groups -OCH3 is 1. The maximum Gasteiger partial charge on any atom is 0.263 e. The Labute approximate surface area is 190 Å². The number of nitriles is 1. The predicted octanol–water partition coefficient (Wildman–Crippen LogP) is 4.51. The number of rotatable bonds is 4. The Morgan fingerprint density at radius 3 is 2.52 bits per heavy atom. The van der Waals surface area contributed by atoms with Crippen molar-refractivity contribution in [1.82, 2.24) is 9.55 Å². The quantitative estimate of drug-likeness (QED) is 0.585. The van der Waals surface area contributed by atoms with Crippen molar-refractivity contribution in [3.05, 3.63) is 63.9 Å². The van der Waals surface area contributed by atoms with Gasteiger partial charge in [0.25, 0.3) is 5.56 Å². The van der Waals surface area contributed by atoms with E-state index in [1.807, 2.05) is 0 Å². The first-order valence-corrected chi connectivity index (χ1v) is 10.7. The topological polar surface area (TPSA) is 71.2 Å². The van der Waals surface area contributed by atoms with Crippen LogP contribution in [-0.4, -0.2) is 29.8 Å². The molecule has 1 saturated heterocycles. The standard InChI is InChI=1S/C25H24F2N4O2/c1-15-5-4-10-31(14-15)25-29-23(17-6-7-18(13-28)19(26)12-17)22(24(32)30(25)2)16-8-9-21(33-3)20(27)11-16/h6-9,11-12,15H,4-5,10,14H2,1-3H3/t15-/m0/s1. The number of hydrogen-bond acceptors (Lipinski definition) is 5. The molecular weight excluding hydrogens is 426 g/mol. The Morgan fingerprint density at radius 1 is 1.15 bits per heavy atom. The molecule has 0 aliphatic carbocycles. The van der Waals surface area contributed by atoms with E-state index in [1.165, 1.54) is 35.9 Å². The van der Waals surface area contributed by atoms with Crippen LogP contribution < -0.4 is 15.2 Å². The molecule has 2 aromatic carbocycles. The van der Waals surface area contributed by atoms with Gasteiger partial charge in [0, 0.05) is 25.7 Å². The van der Waals surface area contributed by atoms with Crippen molar-refractivity contribution in [3.8, 4) is 34.2 Å². The Kier molecular flexibility index (Phi) is 6.14. The second-order valence-electron chi connectivity index (χ2n) is 8.35. The molecule has 1 aliphatic rings. The van der Waals surface area contributed by atoms with Gasteiger partial charge in [-0.1, -0.05) is 19.1 Å². The molecule has 2 heterocycles. The van der Waals surface area contributed by atoms with Gasteiger partial charge < -0.3 is 9.64 Å². The molecule has 0 amide bonds. The molecule has 0 unspecified atom stereocenters. The summed E-state index contributed by atoms with van der Waals surface area (Å²) in [6.07, 6.45) is 2.07. The number of ether oxygens (including phenoxy) is 1. The normalized spacial score (nSPS) is 15.9. The van der Waals surface area contributed by atoms with E-state index in [0.29, 0.717) is 23.0 Å². The smallest absolute Gasteiger partial charge is 0.263 e. The molecule has 0 spiro atoms. The number of halogens is 2. The van der Waals surface area contributed by atoms with Gasteiger partial charge in [0.15, 0.2) is 11.6 Å². The van der Waals surface area contributed by atoms with Crippen LogP contribution in [0, 0.1) is 28.9 Å². The van der Waals surface area contributed by atoms with Crippen molar-refractivity contribution in [3.63, 3.8) is 0 Å². The van der Waals surface area contributed by atoms with Crippen LogP contribution in [-0.2, 0) is 7.05 Å². The monoisotopic (exact) mass is 450 g/mol. The number of nitrogens with zero attached hydrogens (tertiary/aromatic N) is 4. The van der Waals surface area contributed by atoms with Crippen LogP contribution in [0.2, 0.25) is 0 Å². The van der Waals surface area contributed by atoms with E-state index in [0.717, 1.165) is 25.9 Å². The molecule has 4 rings (SSSR count). The van der Waals surface area contributed by atoms with Crippen molar-refractivity contribution in [2.75, 3.05) is 25.1 Å². The van der Waals surface area contributed by atoms with Gasteiger partial charge in [0.05, 0.1) is 23.9 Å². The van der Waals surface area contributed by atoms with Crippen molar-refractivity contribution >= 4 is 5.95 Å². The minimum Gasteiger partial charge on any atom is -0.494 e. The van der Waals surface area contributed by atoms with Crippen molar-refractivity contribution < 1.29 is 13.5 Å². The molecule has 0 bridgehead atoms. The van der Waals surface area contributed by atoms with Crippen molar-refractivity contribution in [2.45, 2.75) is 19.8 Å². The van der Waals surface area contributed by atoms with Gasteiger partial charge in [-0.15, -0.1) is 0 Å². The van der Waals surface area contributed by atoms with Gasteiger partial charge in [0.2, 0.25) is 5.95 Å². The number of hydrogen-bond donors (Lipinski definition) is 0. The lowest BCUT2D eigenvalue weighted by molar-refractivity contribution is 0.386. The lowest BCUT2D eigenvalue weighted by atomic mass is 9.98. The molecule has 8 heteroatoms. The van der Waals surface area contributed by atoms with Gasteiger partial charge in [-0.3, -0.25) is 9.36 Å². The molecule has 33 heavy (non-hydrogen) atoms. The summed E-state index contributed by atoms with van der Waals surface area (Å²) in [6.45, 7) is 3.65. The van der Waals surface area contributed by atoms with Crippen LogP contribution in [0.15, 0.2) is 41.2 Å². The van der Waals surface area contributed by atoms with Gasteiger partial charge in [-0.05, 0) is 48.6 Å². The van der Waals surface area contributed by atoms with Crippen molar-refractivity contribution in [1.29, 1.82) is 5.26 Å². The minimum atomic E-state index is -0.711. The second-order valence-corrected chi connectivity index (χ2v) is 8.35. The Morgan fingerprint density at radius 2 is 1.88 bits per heavy atom. The zero-order chi connectivity index (χ0) is 23.7. The first-order chi connectivity index (χ1) is 15.8. The summed E-state index contributed by atoms with van der Waals surface area (Å²) < 4.78 is 35.5. The molecule has 6 nitrogen and oxygen atoms in total. The van der Waals surface area contributed by atoms with Crippen LogP contribution in [0.4, 0.5) is 14.7 Å². The zero-order valence-electron chi connectivity index (χ0n) is 18.7. The van der Waals surface area contributed by atoms with E-state index in [9.17, 15) is 13.6 Å². The third-order valence-corrected chi connectivity index (χ3v) is 6.01. The van der Waals surface area contributed by atoms with Crippen LogP contribution in [0.5, 0.6) is 5.75 Å². The Bertz CT molecular complexity index is 1310. The Balaban J connectivity index is 1.98. The predicted molar refractivity (Wildman–Crippen MR) is 122 cm³/mol. The zero-order valence-corrected chi connectivity index (χ0v) is 18.7. The van der Waals surface area contributed by atoms with Crippen LogP contribution in [0.25, 0.3) is 22.4 Å². The van der Waals surface area contributed by atoms with Gasteiger partial charge in [-0.2, -0.15) is 5.26 Å². The molecule has 0 N–H and O–H groups in total. The fraction of sp³-hybridized carbons (Fsp3) is 0.320. The fourth-order valence-electron chi connectivity index (χ4n) is 4.29. The molecule has 1 aromatic heterocycles. The third-order valence-electron chi connectivity index (χ3n) is 6.01. The van der Waals surface area contributed by atoms with Crippen LogP contribution >= 0.6 is 0 Å². The molecule has 1 fully saturated rings. The molecule has 1 aliphatic heterocycles. The van der Waals surface area contributed by atoms with E-state index in [4.69, 9.17) is 15.0 Å². The van der Waals surface area contributed by atoms with E-state index >= 15 is 0 Å². The number of anilines is 1. The summed E-state index contributed by atoms with van der Waals surface area (Å²) in [5, 5.41) is 9.09. The summed E-state index contributed by atoms with van der Waals surface area (Å²) in [4.78, 5) is 20.4. The van der Waals surface area contributed by atoms with E-state index in [2.05, 4.69) is 11.8 Å². The maximum atomic E-state index is 14.5. The lowest BCUT2D eigenvalue weighted by Crippen LogP contribution is -2.39. The summed E-state index contributed by atoms with van der Waals surface area (Å²) in [5.41, 5.74) is 0.546. The minimum absolute atomic E-state index is 0.0495. The first-order valence-electron chi connectivity index (χ1n) is 10.7. The molecule has 0 radical (unpaired) electrons. The molecular formula is C25H24F2N4O2. The van der Waals surface area contributed by atoms with E-state index in [1.54, 1.807) is 25.2 Å². The number of benzene rings is 2. The molecule has 170 valence electrons. The number of aromatic nitrogens is 2. The van der Waals surface area contributed by atoms with Crippen molar-refractivity contribution in [2.24, 2.45) is 13.0 Å². The Hall–Kier alpha value is -3.73. The SMILES string of the molecule is COc1ccc(-c2c(-c3ccc(C#N)c(F)c3)nc(N3CCC[C@H](C)C3)n(C)c2=O)cc1F. The average Bonchev–Trinajstić information content (AvgIpc) is 2.80. The lowest BCUT2D eigenvalue weighted by Gasteiger charge is -2.33. The maximum absolute atomic E-state index is 14.5. The fourth-order valence-corrected chi connectivity index (χ4v) is 4.29.